The molecule has 1 atom stereocenters. The molecule has 30 heavy (non-hydrogen) atoms. The Kier molecular flexibility index (Phi) is 4.93. The molecular formula is C24H29N5O. The zero-order chi connectivity index (χ0) is 21.6. The summed E-state index contributed by atoms with van der Waals surface area (Å²) in [7, 11) is 4.04. The van der Waals surface area contributed by atoms with Crippen molar-refractivity contribution in [2.75, 3.05) is 24.3 Å². The predicted octanol–water partition coefficient (Wildman–Crippen LogP) is 4.37. The maximum absolute atomic E-state index is 13.3. The molecule has 6 heteroatoms. The zero-order valence-corrected chi connectivity index (χ0v) is 18.4. The van der Waals surface area contributed by atoms with Gasteiger partial charge < -0.3 is 10.2 Å². The van der Waals surface area contributed by atoms with E-state index in [1.54, 1.807) is 0 Å². The van der Waals surface area contributed by atoms with Crippen LogP contribution in [-0.2, 0) is 11.3 Å². The highest BCUT2D eigenvalue weighted by Gasteiger charge is 2.42. The molecule has 0 saturated heterocycles. The van der Waals surface area contributed by atoms with Crippen LogP contribution in [0.15, 0.2) is 35.5 Å². The number of hydrogen-bond acceptors (Lipinski definition) is 5. The summed E-state index contributed by atoms with van der Waals surface area (Å²) in [6.45, 7) is 6.81. The third kappa shape index (κ3) is 3.39. The van der Waals surface area contributed by atoms with Crippen LogP contribution in [0.3, 0.4) is 0 Å². The van der Waals surface area contributed by atoms with Gasteiger partial charge in [-0.15, -0.1) is 0 Å². The van der Waals surface area contributed by atoms with Crippen molar-refractivity contribution in [1.29, 1.82) is 5.26 Å². The summed E-state index contributed by atoms with van der Waals surface area (Å²) >= 11 is 0. The monoisotopic (exact) mass is 403 g/mol. The first-order valence-electron chi connectivity index (χ1n) is 10.5. The van der Waals surface area contributed by atoms with Crippen LogP contribution in [0.4, 0.5) is 11.5 Å². The molecule has 1 aromatic heterocycles. The van der Waals surface area contributed by atoms with Crippen molar-refractivity contribution >= 4 is 17.3 Å². The Morgan fingerprint density at radius 1 is 1.27 bits per heavy atom. The second-order valence-electron chi connectivity index (χ2n) is 9.36. The van der Waals surface area contributed by atoms with Crippen LogP contribution in [0.2, 0.25) is 0 Å². The Morgan fingerprint density at radius 2 is 1.97 bits per heavy atom. The number of aryl methyl sites for hydroxylation is 2. The minimum atomic E-state index is -0.133. The maximum atomic E-state index is 13.3. The smallest absolute Gasteiger partial charge is 0.162 e. The first-order chi connectivity index (χ1) is 14.2. The molecule has 1 aliphatic carbocycles. The van der Waals surface area contributed by atoms with Crippen LogP contribution in [0, 0.1) is 23.7 Å². The molecule has 0 radical (unpaired) electrons. The normalized spacial score (nSPS) is 19.6. The zero-order valence-electron chi connectivity index (χ0n) is 18.4. The molecule has 1 aliphatic heterocycles. The Morgan fingerprint density at radius 3 is 2.60 bits per heavy atom. The van der Waals surface area contributed by atoms with E-state index in [2.05, 4.69) is 54.4 Å². The molecule has 6 nitrogen and oxygen atoms in total. The Hall–Kier alpha value is -3.07. The molecule has 0 unspecified atom stereocenters. The highest BCUT2D eigenvalue weighted by atomic mass is 16.1. The molecule has 4 rings (SSSR count). The third-order valence-corrected chi connectivity index (χ3v) is 6.12. The van der Waals surface area contributed by atoms with E-state index in [0.29, 0.717) is 19.4 Å². The number of allylic oxidation sites excluding steroid dienone is 2. The van der Waals surface area contributed by atoms with E-state index in [1.807, 2.05) is 25.7 Å². The van der Waals surface area contributed by atoms with Gasteiger partial charge in [0.15, 0.2) is 5.78 Å². The minimum Gasteiger partial charge on any atom is -0.378 e. The van der Waals surface area contributed by atoms with E-state index >= 15 is 0 Å². The van der Waals surface area contributed by atoms with E-state index in [4.69, 9.17) is 10.4 Å². The topological polar surface area (TPSA) is 74.0 Å². The number of nitrogens with one attached hydrogen (secondary N) is 1. The summed E-state index contributed by atoms with van der Waals surface area (Å²) < 4.78 is 1.89. The van der Waals surface area contributed by atoms with Crippen molar-refractivity contribution in [2.45, 2.75) is 52.5 Å². The number of carbonyl (C=O) groups is 1. The Bertz CT molecular complexity index is 1070. The van der Waals surface area contributed by atoms with Crippen LogP contribution in [-0.4, -0.2) is 29.7 Å². The first-order valence-corrected chi connectivity index (χ1v) is 10.5. The average Bonchev–Trinajstić information content (AvgIpc) is 2.99. The minimum absolute atomic E-state index is 0.0771. The summed E-state index contributed by atoms with van der Waals surface area (Å²) in [5.74, 6) is 1.01. The number of Topliss-reactive ketones (excluding diaryl/α,β-unsaturated/α-hetero) is 1. The van der Waals surface area contributed by atoms with Gasteiger partial charge >= 0.3 is 0 Å². The molecule has 2 heterocycles. The van der Waals surface area contributed by atoms with Gasteiger partial charge in [0.2, 0.25) is 0 Å². The van der Waals surface area contributed by atoms with Crippen molar-refractivity contribution in [2.24, 2.45) is 5.41 Å². The summed E-state index contributed by atoms with van der Waals surface area (Å²) in [6.07, 6.45) is 1.77. The van der Waals surface area contributed by atoms with Gasteiger partial charge in [-0.25, -0.2) is 4.68 Å². The van der Waals surface area contributed by atoms with E-state index in [0.717, 1.165) is 46.0 Å². The predicted molar refractivity (Wildman–Crippen MR) is 118 cm³/mol. The van der Waals surface area contributed by atoms with Gasteiger partial charge in [-0.05, 0) is 36.5 Å². The summed E-state index contributed by atoms with van der Waals surface area (Å²) in [5, 5.41) is 17.3. The molecular weight excluding hydrogens is 374 g/mol. The Labute approximate surface area is 178 Å². The van der Waals surface area contributed by atoms with Gasteiger partial charge in [0.05, 0.1) is 24.7 Å². The largest absolute Gasteiger partial charge is 0.378 e. The number of ketones is 1. The van der Waals surface area contributed by atoms with Crippen LogP contribution in [0.25, 0.3) is 0 Å². The molecule has 0 amide bonds. The number of nitriles is 1. The molecule has 0 spiro atoms. The van der Waals surface area contributed by atoms with Crippen LogP contribution < -0.4 is 10.2 Å². The fraction of sp³-hybridized carbons (Fsp3) is 0.458. The molecule has 0 fully saturated rings. The standard InChI is InChI=1S/C24H29N5O/c1-15-20-21(16-7-9-17(10-8-16)28(4)5)22-18(13-24(2,3)14-19(22)30)26-23(20)29(27-15)12-6-11-25/h7-10,21,26H,6,12-14H2,1-5H3/t21-/m1/s1. The Balaban J connectivity index is 1.89. The number of anilines is 2. The average molecular weight is 404 g/mol. The molecule has 1 aromatic carbocycles. The van der Waals surface area contributed by atoms with Crippen LogP contribution in [0.5, 0.6) is 0 Å². The van der Waals surface area contributed by atoms with E-state index in [1.165, 1.54) is 0 Å². The number of benzene rings is 1. The number of rotatable bonds is 4. The maximum Gasteiger partial charge on any atom is 0.162 e. The highest BCUT2D eigenvalue weighted by Crippen LogP contribution is 2.50. The second-order valence-corrected chi connectivity index (χ2v) is 9.36. The third-order valence-electron chi connectivity index (χ3n) is 6.12. The van der Waals surface area contributed by atoms with E-state index < -0.39 is 0 Å². The number of fused-ring (bicyclic) bond motifs is 1. The molecule has 2 aliphatic rings. The second kappa shape index (κ2) is 7.32. The fourth-order valence-corrected chi connectivity index (χ4v) is 4.76. The lowest BCUT2D eigenvalue weighted by molar-refractivity contribution is -0.118. The lowest BCUT2D eigenvalue weighted by atomic mass is 9.69. The number of aromatic nitrogens is 2. The van der Waals surface area contributed by atoms with Crippen molar-refractivity contribution in [3.05, 3.63) is 52.4 Å². The van der Waals surface area contributed by atoms with Crippen molar-refractivity contribution in [3.63, 3.8) is 0 Å². The lowest BCUT2D eigenvalue weighted by Crippen LogP contribution is -2.34. The van der Waals surface area contributed by atoms with Gasteiger partial charge in [-0.3, -0.25) is 4.79 Å². The van der Waals surface area contributed by atoms with Crippen molar-refractivity contribution < 1.29 is 4.79 Å². The van der Waals surface area contributed by atoms with Gasteiger partial charge in [0.25, 0.3) is 0 Å². The molecule has 2 aromatic rings. The highest BCUT2D eigenvalue weighted by molar-refractivity contribution is 6.01. The summed E-state index contributed by atoms with van der Waals surface area (Å²) in [5.41, 5.74) is 5.99. The molecule has 0 bridgehead atoms. The number of carbonyl (C=O) groups excluding carboxylic acids is 1. The van der Waals surface area contributed by atoms with Gasteiger partial charge in [0.1, 0.15) is 5.82 Å². The molecule has 156 valence electrons. The van der Waals surface area contributed by atoms with Crippen molar-refractivity contribution in [3.8, 4) is 6.07 Å². The summed E-state index contributed by atoms with van der Waals surface area (Å²) in [4.78, 5) is 15.4. The summed E-state index contributed by atoms with van der Waals surface area (Å²) in [6, 6.07) is 10.7. The van der Waals surface area contributed by atoms with E-state index in [9.17, 15) is 4.79 Å². The van der Waals surface area contributed by atoms with Gasteiger partial charge in [0, 0.05) is 49.0 Å². The number of hydrogen-bond donors (Lipinski definition) is 1. The SMILES string of the molecule is Cc1nn(CCC#N)c2c1[C@@H](c1ccc(N(C)C)cc1)C1=C(CC(C)(C)CC1=O)N2. The van der Waals surface area contributed by atoms with Crippen LogP contribution >= 0.6 is 0 Å². The van der Waals surface area contributed by atoms with Crippen molar-refractivity contribution in [1.82, 2.24) is 9.78 Å². The first kappa shape index (κ1) is 20.2. The van der Waals surface area contributed by atoms with Crippen LogP contribution in [0.1, 0.15) is 55.8 Å². The quantitative estimate of drug-likeness (QED) is 0.820. The van der Waals surface area contributed by atoms with Gasteiger partial charge in [-0.1, -0.05) is 26.0 Å². The molecule has 0 saturated carbocycles. The lowest BCUT2D eigenvalue weighted by Gasteiger charge is -2.38. The number of nitrogens with zero attached hydrogens (tertiary/aromatic N) is 4. The molecule has 1 N–H and O–H groups in total. The van der Waals surface area contributed by atoms with E-state index in [-0.39, 0.29) is 17.1 Å². The fourth-order valence-electron chi connectivity index (χ4n) is 4.76. The van der Waals surface area contributed by atoms with Gasteiger partial charge in [-0.2, -0.15) is 10.4 Å².